The van der Waals surface area contributed by atoms with Crippen LogP contribution in [0.4, 0.5) is 0 Å². The summed E-state index contributed by atoms with van der Waals surface area (Å²) in [4.78, 5) is 4.46. The van der Waals surface area contributed by atoms with Crippen LogP contribution >= 0.6 is 24.0 Å². The highest BCUT2D eigenvalue weighted by Crippen LogP contribution is 2.31. The lowest BCUT2D eigenvalue weighted by molar-refractivity contribution is 0.262. The fourth-order valence-corrected chi connectivity index (χ4v) is 2.87. The third-order valence-electron chi connectivity index (χ3n) is 4.14. The van der Waals surface area contributed by atoms with E-state index in [4.69, 9.17) is 15.2 Å². The average Bonchev–Trinajstić information content (AvgIpc) is 2.61. The van der Waals surface area contributed by atoms with Gasteiger partial charge in [0.1, 0.15) is 11.5 Å². The average molecular weight is 453 g/mol. The number of ether oxygens (including phenoxy) is 2. The number of halogens is 1. The van der Waals surface area contributed by atoms with Crippen molar-refractivity contribution in [3.05, 3.63) is 59.2 Å². The fraction of sp³-hybridized carbons (Fsp3) is 0.316. The molecule has 5 nitrogen and oxygen atoms in total. The minimum atomic E-state index is 0. The first-order chi connectivity index (χ1) is 11.7. The molecule has 0 aromatic heterocycles. The first-order valence-corrected chi connectivity index (χ1v) is 8.09. The predicted octanol–water partition coefficient (Wildman–Crippen LogP) is 3.55. The number of fused-ring (bicyclic) bond motifs is 1. The van der Waals surface area contributed by atoms with Crippen molar-refractivity contribution < 1.29 is 9.47 Å². The van der Waals surface area contributed by atoms with E-state index in [0.29, 0.717) is 19.1 Å². The van der Waals surface area contributed by atoms with Gasteiger partial charge in [-0.3, -0.25) is 0 Å². The van der Waals surface area contributed by atoms with Gasteiger partial charge in [-0.05, 0) is 24.6 Å². The molecule has 1 aliphatic heterocycles. The first kappa shape index (κ1) is 19.4. The second kappa shape index (κ2) is 8.94. The number of rotatable bonds is 4. The molecule has 6 heteroatoms. The molecular formula is C19H24IN3O2. The van der Waals surface area contributed by atoms with Gasteiger partial charge in [-0.15, -0.1) is 24.0 Å². The second-order valence-corrected chi connectivity index (χ2v) is 5.89. The van der Waals surface area contributed by atoms with Crippen LogP contribution < -0.4 is 20.5 Å². The van der Waals surface area contributed by atoms with Crippen LogP contribution in [0.3, 0.4) is 0 Å². The third-order valence-corrected chi connectivity index (χ3v) is 4.14. The van der Waals surface area contributed by atoms with Gasteiger partial charge in [0.25, 0.3) is 0 Å². The first-order valence-electron chi connectivity index (χ1n) is 8.09. The molecule has 1 heterocycles. The molecule has 0 saturated carbocycles. The molecular weight excluding hydrogens is 429 g/mol. The number of nitrogens with one attached hydrogen (secondary N) is 1. The van der Waals surface area contributed by atoms with Crippen LogP contribution in [-0.2, 0) is 6.54 Å². The Hall–Kier alpha value is -1.96. The Labute approximate surface area is 165 Å². The summed E-state index contributed by atoms with van der Waals surface area (Å²) >= 11 is 0. The van der Waals surface area contributed by atoms with Crippen molar-refractivity contribution >= 4 is 29.9 Å². The van der Waals surface area contributed by atoms with E-state index in [-0.39, 0.29) is 30.0 Å². The number of hydrogen-bond donors (Lipinski definition) is 2. The van der Waals surface area contributed by atoms with Crippen molar-refractivity contribution in [1.82, 2.24) is 5.32 Å². The summed E-state index contributed by atoms with van der Waals surface area (Å²) in [6.45, 7) is 3.19. The molecule has 25 heavy (non-hydrogen) atoms. The van der Waals surface area contributed by atoms with E-state index in [1.54, 1.807) is 7.11 Å². The van der Waals surface area contributed by atoms with E-state index >= 15 is 0 Å². The number of methoxy groups -OCH3 is 1. The van der Waals surface area contributed by atoms with Crippen molar-refractivity contribution in [2.75, 3.05) is 13.7 Å². The Morgan fingerprint density at radius 2 is 2.12 bits per heavy atom. The van der Waals surface area contributed by atoms with Gasteiger partial charge in [-0.25, -0.2) is 4.99 Å². The molecule has 134 valence electrons. The number of para-hydroxylation sites is 1. The van der Waals surface area contributed by atoms with Crippen LogP contribution in [0.2, 0.25) is 0 Å². The molecule has 1 atom stereocenters. The Balaban J connectivity index is 0.00000225. The van der Waals surface area contributed by atoms with E-state index in [9.17, 15) is 0 Å². The van der Waals surface area contributed by atoms with Crippen LogP contribution in [0.15, 0.2) is 47.5 Å². The molecule has 0 spiro atoms. The molecule has 1 aliphatic rings. The van der Waals surface area contributed by atoms with Gasteiger partial charge in [0, 0.05) is 17.5 Å². The van der Waals surface area contributed by atoms with E-state index < -0.39 is 0 Å². The Kier molecular flexibility index (Phi) is 6.92. The maximum absolute atomic E-state index is 6.09. The smallest absolute Gasteiger partial charge is 0.189 e. The third kappa shape index (κ3) is 4.78. The van der Waals surface area contributed by atoms with Gasteiger partial charge in [0.05, 0.1) is 26.3 Å². The molecule has 2 aromatic rings. The zero-order valence-corrected chi connectivity index (χ0v) is 16.8. The van der Waals surface area contributed by atoms with Crippen molar-refractivity contribution in [2.45, 2.75) is 25.9 Å². The Bertz CT molecular complexity index is 749. The van der Waals surface area contributed by atoms with Crippen molar-refractivity contribution in [2.24, 2.45) is 10.7 Å². The Morgan fingerprint density at radius 3 is 2.92 bits per heavy atom. The van der Waals surface area contributed by atoms with Crippen LogP contribution in [0.25, 0.3) is 0 Å². The maximum atomic E-state index is 6.09. The summed E-state index contributed by atoms with van der Waals surface area (Å²) in [5, 5.41) is 3.30. The van der Waals surface area contributed by atoms with Crippen molar-refractivity contribution in [3.8, 4) is 11.5 Å². The number of aryl methyl sites for hydroxylation is 1. The van der Waals surface area contributed by atoms with Crippen LogP contribution in [0.5, 0.6) is 11.5 Å². The molecule has 0 aliphatic carbocycles. The molecule has 0 saturated heterocycles. The van der Waals surface area contributed by atoms with E-state index in [1.807, 2.05) is 43.3 Å². The topological polar surface area (TPSA) is 68.9 Å². The SMILES string of the molecule is COc1cc(C)ccc1CN=C(N)NC1CCOc2ccccc21.I. The molecule has 0 bridgehead atoms. The van der Waals surface area contributed by atoms with E-state index in [2.05, 4.69) is 16.4 Å². The summed E-state index contributed by atoms with van der Waals surface area (Å²) in [6, 6.07) is 14.2. The van der Waals surface area contributed by atoms with Crippen molar-refractivity contribution in [3.63, 3.8) is 0 Å². The van der Waals surface area contributed by atoms with Gasteiger partial charge < -0.3 is 20.5 Å². The summed E-state index contributed by atoms with van der Waals surface area (Å²) in [5.74, 6) is 2.18. The predicted molar refractivity (Wildman–Crippen MR) is 111 cm³/mol. The summed E-state index contributed by atoms with van der Waals surface area (Å²) in [5.41, 5.74) is 9.38. The lowest BCUT2D eigenvalue weighted by Crippen LogP contribution is -2.37. The summed E-state index contributed by atoms with van der Waals surface area (Å²) < 4.78 is 11.1. The number of aliphatic imine (C=N–C) groups is 1. The number of nitrogens with zero attached hydrogens (tertiary/aromatic N) is 1. The lowest BCUT2D eigenvalue weighted by atomic mass is 10.0. The number of hydrogen-bond acceptors (Lipinski definition) is 3. The molecule has 0 fully saturated rings. The molecule has 1 unspecified atom stereocenters. The number of nitrogens with two attached hydrogens (primary N) is 1. The largest absolute Gasteiger partial charge is 0.496 e. The highest BCUT2D eigenvalue weighted by atomic mass is 127. The van der Waals surface area contributed by atoms with Crippen LogP contribution in [0.1, 0.15) is 29.2 Å². The molecule has 0 radical (unpaired) electrons. The number of guanidine groups is 1. The lowest BCUT2D eigenvalue weighted by Gasteiger charge is -2.26. The maximum Gasteiger partial charge on any atom is 0.189 e. The van der Waals surface area contributed by atoms with Gasteiger partial charge in [0.15, 0.2) is 5.96 Å². The van der Waals surface area contributed by atoms with Crippen molar-refractivity contribution in [1.29, 1.82) is 0 Å². The highest BCUT2D eigenvalue weighted by molar-refractivity contribution is 14.0. The minimum Gasteiger partial charge on any atom is -0.496 e. The summed E-state index contributed by atoms with van der Waals surface area (Å²) in [6.07, 6.45) is 0.862. The zero-order valence-electron chi connectivity index (χ0n) is 14.5. The second-order valence-electron chi connectivity index (χ2n) is 5.89. The number of benzene rings is 2. The van der Waals surface area contributed by atoms with E-state index in [0.717, 1.165) is 34.6 Å². The van der Waals surface area contributed by atoms with Crippen LogP contribution in [-0.4, -0.2) is 19.7 Å². The molecule has 3 rings (SSSR count). The highest BCUT2D eigenvalue weighted by Gasteiger charge is 2.21. The normalized spacial score (nSPS) is 16.2. The quantitative estimate of drug-likeness (QED) is 0.422. The molecule has 3 N–H and O–H groups in total. The standard InChI is InChI=1S/C19H23N3O2.HI/c1-13-7-8-14(18(11-13)23-2)12-21-19(20)22-16-9-10-24-17-6-4-3-5-15(16)17;/h3-8,11,16H,9-10,12H2,1-2H3,(H3,20,21,22);1H. The van der Waals surface area contributed by atoms with Gasteiger partial charge >= 0.3 is 0 Å². The Morgan fingerprint density at radius 1 is 1.32 bits per heavy atom. The van der Waals surface area contributed by atoms with Gasteiger partial charge in [0.2, 0.25) is 0 Å². The fourth-order valence-electron chi connectivity index (χ4n) is 2.87. The van der Waals surface area contributed by atoms with Gasteiger partial charge in [-0.1, -0.05) is 30.3 Å². The van der Waals surface area contributed by atoms with E-state index in [1.165, 1.54) is 0 Å². The minimum absolute atomic E-state index is 0. The van der Waals surface area contributed by atoms with Crippen LogP contribution in [0, 0.1) is 6.92 Å². The van der Waals surface area contributed by atoms with Gasteiger partial charge in [-0.2, -0.15) is 0 Å². The molecule has 0 amide bonds. The zero-order chi connectivity index (χ0) is 16.9. The summed E-state index contributed by atoms with van der Waals surface area (Å²) in [7, 11) is 1.67. The monoisotopic (exact) mass is 453 g/mol. The molecule has 2 aromatic carbocycles.